The van der Waals surface area contributed by atoms with Crippen molar-refractivity contribution in [2.75, 3.05) is 5.32 Å². The third kappa shape index (κ3) is 3.64. The maximum absolute atomic E-state index is 13.5. The summed E-state index contributed by atoms with van der Waals surface area (Å²) in [5.41, 5.74) is 2.93. The highest BCUT2D eigenvalue weighted by Gasteiger charge is 2.59. The first-order chi connectivity index (χ1) is 16.8. The molecule has 1 heterocycles. The van der Waals surface area contributed by atoms with Crippen LogP contribution in [0.3, 0.4) is 0 Å². The van der Waals surface area contributed by atoms with Crippen LogP contribution in [0, 0.1) is 34.4 Å². The van der Waals surface area contributed by atoms with Crippen molar-refractivity contribution in [2.24, 2.45) is 28.6 Å². The monoisotopic (exact) mass is 490 g/mol. The molecule has 1 N–H and O–H groups in total. The molecule has 1 aromatic heterocycles. The smallest absolute Gasteiger partial charge is 0.257 e. The molecule has 6 rings (SSSR count). The summed E-state index contributed by atoms with van der Waals surface area (Å²) in [6.45, 7) is 4.81. The molecular weight excluding hydrogens is 459 g/mol. The molecular formula is C29H31FN2O2S. The standard InChI is InChI=1S/C29H31FN2O2S/c1-28-12-10-20(33)15-18(28)6-7-21-22-8-9-24(29(22,2)13-11-23(21)28)25-16-35-27(31-25)32-26(34)17-4-3-5-19(30)14-17/h3-5,10,12,14-16,21-24H,6-9,11,13H2,1-2H3,(H,31,32,34)/t21-,22-,23-,24?,28-,29-/m0/s1. The second kappa shape index (κ2) is 8.22. The number of benzene rings is 1. The number of fused-ring (bicyclic) bond motifs is 5. The van der Waals surface area contributed by atoms with Crippen molar-refractivity contribution < 1.29 is 14.0 Å². The van der Waals surface area contributed by atoms with E-state index in [-0.39, 0.29) is 22.5 Å². The molecule has 1 amide bonds. The number of amides is 1. The number of aromatic nitrogens is 1. The molecule has 0 aliphatic heterocycles. The molecule has 35 heavy (non-hydrogen) atoms. The van der Waals surface area contributed by atoms with Gasteiger partial charge in [0.25, 0.3) is 5.91 Å². The number of hydrogen-bond acceptors (Lipinski definition) is 4. The highest BCUT2D eigenvalue weighted by atomic mass is 32.1. The summed E-state index contributed by atoms with van der Waals surface area (Å²) in [4.78, 5) is 29.4. The van der Waals surface area contributed by atoms with Gasteiger partial charge in [0.2, 0.25) is 0 Å². The zero-order valence-electron chi connectivity index (χ0n) is 20.2. The van der Waals surface area contributed by atoms with Gasteiger partial charge in [-0.1, -0.05) is 31.6 Å². The number of thiazole rings is 1. The Morgan fingerprint density at radius 2 is 2.03 bits per heavy atom. The minimum atomic E-state index is -0.424. The number of carbonyl (C=O) groups excluding carboxylic acids is 2. The maximum Gasteiger partial charge on any atom is 0.257 e. The van der Waals surface area contributed by atoms with Gasteiger partial charge in [-0.05, 0) is 92.0 Å². The fraction of sp³-hybridized carbons (Fsp3) is 0.483. The van der Waals surface area contributed by atoms with Crippen molar-refractivity contribution in [3.63, 3.8) is 0 Å². The fourth-order valence-corrected chi connectivity index (χ4v) is 8.75. The van der Waals surface area contributed by atoms with Crippen molar-refractivity contribution in [3.05, 3.63) is 70.5 Å². The van der Waals surface area contributed by atoms with Crippen molar-refractivity contribution in [1.29, 1.82) is 0 Å². The van der Waals surface area contributed by atoms with Crippen LogP contribution in [0.1, 0.15) is 74.3 Å². The Kier molecular flexibility index (Phi) is 5.37. The van der Waals surface area contributed by atoms with Gasteiger partial charge in [-0.25, -0.2) is 9.37 Å². The van der Waals surface area contributed by atoms with Gasteiger partial charge in [-0.2, -0.15) is 0 Å². The van der Waals surface area contributed by atoms with Crippen LogP contribution in [0.4, 0.5) is 9.52 Å². The van der Waals surface area contributed by atoms with Crippen LogP contribution in [0.15, 0.2) is 53.4 Å². The molecule has 0 bridgehead atoms. The molecule has 4 nitrogen and oxygen atoms in total. The van der Waals surface area contributed by atoms with E-state index in [1.54, 1.807) is 18.2 Å². The number of ketones is 1. The van der Waals surface area contributed by atoms with Crippen molar-refractivity contribution >= 4 is 28.2 Å². The molecule has 6 heteroatoms. The third-order valence-electron chi connectivity index (χ3n) is 9.74. The summed E-state index contributed by atoms with van der Waals surface area (Å²) in [5.74, 6) is 1.69. The number of anilines is 1. The second-order valence-corrected chi connectivity index (χ2v) is 12.2. The minimum Gasteiger partial charge on any atom is -0.298 e. The Balaban J connectivity index is 1.21. The number of rotatable bonds is 3. The summed E-state index contributed by atoms with van der Waals surface area (Å²) in [5, 5.41) is 5.54. The first-order valence-electron chi connectivity index (χ1n) is 12.7. The minimum absolute atomic E-state index is 0.0191. The molecule has 0 spiro atoms. The topological polar surface area (TPSA) is 59.1 Å². The molecule has 4 aliphatic carbocycles. The number of hydrogen-bond donors (Lipinski definition) is 1. The van der Waals surface area contributed by atoms with Gasteiger partial charge in [0.15, 0.2) is 10.9 Å². The van der Waals surface area contributed by atoms with Gasteiger partial charge < -0.3 is 0 Å². The van der Waals surface area contributed by atoms with Crippen molar-refractivity contribution in [1.82, 2.24) is 4.98 Å². The van der Waals surface area contributed by atoms with E-state index < -0.39 is 5.82 Å². The summed E-state index contributed by atoms with van der Waals surface area (Å²) < 4.78 is 13.5. The Morgan fingerprint density at radius 3 is 2.86 bits per heavy atom. The van der Waals surface area contributed by atoms with E-state index in [0.717, 1.165) is 25.0 Å². The summed E-state index contributed by atoms with van der Waals surface area (Å²) >= 11 is 1.45. The second-order valence-electron chi connectivity index (χ2n) is 11.3. The zero-order chi connectivity index (χ0) is 24.4. The molecule has 6 atom stereocenters. The number of nitrogens with zero attached hydrogens (tertiary/aromatic N) is 1. The molecule has 0 radical (unpaired) electrons. The molecule has 1 unspecified atom stereocenters. The summed E-state index contributed by atoms with van der Waals surface area (Å²) in [7, 11) is 0. The summed E-state index contributed by atoms with van der Waals surface area (Å²) in [6, 6.07) is 5.72. The van der Waals surface area contributed by atoms with E-state index in [1.165, 1.54) is 48.3 Å². The van der Waals surface area contributed by atoms with E-state index in [0.29, 0.717) is 34.4 Å². The molecule has 2 aromatic rings. The lowest BCUT2D eigenvalue weighted by Crippen LogP contribution is -2.49. The first kappa shape index (κ1) is 22.8. The Bertz CT molecular complexity index is 1260. The number of carbonyl (C=O) groups is 2. The molecule has 182 valence electrons. The number of nitrogens with one attached hydrogen (secondary N) is 1. The number of allylic oxidation sites excluding steroid dienone is 4. The van der Waals surface area contributed by atoms with E-state index in [9.17, 15) is 14.0 Å². The molecule has 1 aromatic carbocycles. The Labute approximate surface area is 209 Å². The van der Waals surface area contributed by atoms with Gasteiger partial charge in [-0.3, -0.25) is 14.9 Å². The Morgan fingerprint density at radius 1 is 1.17 bits per heavy atom. The predicted octanol–water partition coefficient (Wildman–Crippen LogP) is 6.93. The van der Waals surface area contributed by atoms with E-state index in [4.69, 9.17) is 4.98 Å². The van der Waals surface area contributed by atoms with Gasteiger partial charge >= 0.3 is 0 Å². The van der Waals surface area contributed by atoms with Crippen LogP contribution >= 0.6 is 11.3 Å². The van der Waals surface area contributed by atoms with Crippen LogP contribution in [0.2, 0.25) is 0 Å². The quantitative estimate of drug-likeness (QED) is 0.508. The maximum atomic E-state index is 13.5. The van der Waals surface area contributed by atoms with Crippen LogP contribution < -0.4 is 5.32 Å². The summed E-state index contributed by atoms with van der Waals surface area (Å²) in [6.07, 6.45) is 12.8. The van der Waals surface area contributed by atoms with Crippen LogP contribution in [0.25, 0.3) is 0 Å². The first-order valence-corrected chi connectivity index (χ1v) is 13.6. The van der Waals surface area contributed by atoms with Gasteiger partial charge in [0.1, 0.15) is 5.82 Å². The highest BCUT2D eigenvalue weighted by molar-refractivity contribution is 7.14. The SMILES string of the molecule is C[C@]12C=CC(=O)C=C1CC[C@@H]1[C@@H]2CC[C@]2(C)C(c3csc(NC(=O)c4cccc(F)c4)n3)CC[C@@H]12. The van der Waals surface area contributed by atoms with Gasteiger partial charge in [-0.15, -0.1) is 11.3 Å². The molecule has 3 fully saturated rings. The van der Waals surface area contributed by atoms with E-state index >= 15 is 0 Å². The molecule has 4 aliphatic rings. The van der Waals surface area contributed by atoms with E-state index in [1.807, 2.05) is 6.08 Å². The lowest BCUT2D eigenvalue weighted by atomic mass is 9.47. The van der Waals surface area contributed by atoms with Crippen LogP contribution in [-0.2, 0) is 4.79 Å². The number of halogens is 1. The van der Waals surface area contributed by atoms with Crippen molar-refractivity contribution in [2.45, 2.75) is 58.3 Å². The average molecular weight is 491 g/mol. The largest absolute Gasteiger partial charge is 0.298 e. The van der Waals surface area contributed by atoms with Gasteiger partial charge in [0, 0.05) is 22.3 Å². The van der Waals surface area contributed by atoms with Gasteiger partial charge in [0.05, 0.1) is 5.69 Å². The zero-order valence-corrected chi connectivity index (χ0v) is 21.0. The Hall–Kier alpha value is -2.60. The highest BCUT2D eigenvalue weighted by Crippen LogP contribution is 2.67. The predicted molar refractivity (Wildman–Crippen MR) is 136 cm³/mol. The van der Waals surface area contributed by atoms with Crippen molar-refractivity contribution in [3.8, 4) is 0 Å². The lowest BCUT2D eigenvalue weighted by Gasteiger charge is -2.57. The normalized spacial score (nSPS) is 35.6. The average Bonchev–Trinajstić information content (AvgIpc) is 3.43. The molecule has 3 saturated carbocycles. The molecule has 0 saturated heterocycles. The lowest BCUT2D eigenvalue weighted by molar-refractivity contribution is -0.111. The van der Waals surface area contributed by atoms with Crippen LogP contribution in [-0.4, -0.2) is 16.7 Å². The van der Waals surface area contributed by atoms with E-state index in [2.05, 4.69) is 30.6 Å². The van der Waals surface area contributed by atoms with Crippen LogP contribution in [0.5, 0.6) is 0 Å². The third-order valence-corrected chi connectivity index (χ3v) is 10.5. The fourth-order valence-electron chi connectivity index (χ4n) is 7.99.